The van der Waals surface area contributed by atoms with E-state index in [1.165, 1.54) is 13.5 Å². The number of carbonyl (C=O) groups is 1. The van der Waals surface area contributed by atoms with E-state index < -0.39 is 5.97 Å². The fraction of sp³-hybridized carbons (Fsp3) is 0.714. The lowest BCUT2D eigenvalue weighted by atomic mass is 10.1. The maximum Gasteiger partial charge on any atom is 0.360 e. The fourth-order valence-electron chi connectivity index (χ4n) is 2.84. The second kappa shape index (κ2) is 6.26. The van der Waals surface area contributed by atoms with Gasteiger partial charge in [-0.25, -0.2) is 9.78 Å². The van der Waals surface area contributed by atoms with Crippen LogP contribution in [0.15, 0.2) is 0 Å². The lowest BCUT2D eigenvalue weighted by Gasteiger charge is -2.15. The normalized spacial score (nSPS) is 19.4. The molecule has 20 heavy (non-hydrogen) atoms. The maximum atomic E-state index is 11.7. The molecule has 6 heteroatoms. The van der Waals surface area contributed by atoms with Gasteiger partial charge in [0.1, 0.15) is 11.6 Å². The molecule has 1 saturated heterocycles. The van der Waals surface area contributed by atoms with Crippen LogP contribution in [-0.4, -0.2) is 47.2 Å². The summed E-state index contributed by atoms with van der Waals surface area (Å²) in [4.78, 5) is 18.4. The molecule has 112 valence electrons. The summed E-state index contributed by atoms with van der Waals surface area (Å²) in [5.74, 6) is 1.40. The van der Waals surface area contributed by atoms with Crippen molar-refractivity contribution in [3.05, 3.63) is 11.5 Å². The molecule has 1 aromatic heterocycles. The second-order valence-corrected chi connectivity index (χ2v) is 5.27. The Morgan fingerprint density at radius 2 is 2.25 bits per heavy atom. The number of hydrogen-bond acceptors (Lipinski definition) is 5. The molecule has 0 radical (unpaired) electrons. The van der Waals surface area contributed by atoms with Gasteiger partial charge in [-0.2, -0.15) is 0 Å². The number of methoxy groups -OCH3 is 1. The number of likely N-dealkylation sites (tertiary alicyclic amines) is 1. The lowest BCUT2D eigenvalue weighted by Crippen LogP contribution is -2.22. The molecule has 1 unspecified atom stereocenters. The summed E-state index contributed by atoms with van der Waals surface area (Å²) in [7, 11) is 1.35. The molecule has 2 rings (SSSR count). The largest absolute Gasteiger partial charge is 0.464 e. The zero-order valence-electron chi connectivity index (χ0n) is 12.6. The summed E-state index contributed by atoms with van der Waals surface area (Å²) < 4.78 is 6.71. The summed E-state index contributed by atoms with van der Waals surface area (Å²) >= 11 is 0. The number of carbonyl (C=O) groups excluding carboxylic acids is 1. The highest BCUT2D eigenvalue weighted by molar-refractivity contribution is 5.92. The van der Waals surface area contributed by atoms with Crippen molar-refractivity contribution in [1.29, 1.82) is 0 Å². The molecule has 1 aliphatic heterocycles. The molecular formula is C14H24N4O2. The molecule has 0 aromatic carbocycles. The summed E-state index contributed by atoms with van der Waals surface area (Å²) in [6, 6.07) is 0. The van der Waals surface area contributed by atoms with Crippen molar-refractivity contribution in [2.45, 2.75) is 33.2 Å². The quantitative estimate of drug-likeness (QED) is 0.819. The van der Waals surface area contributed by atoms with Crippen molar-refractivity contribution in [2.75, 3.05) is 32.5 Å². The van der Waals surface area contributed by atoms with Crippen LogP contribution in [0.25, 0.3) is 0 Å². The second-order valence-electron chi connectivity index (χ2n) is 5.27. The van der Waals surface area contributed by atoms with E-state index in [0.717, 1.165) is 38.4 Å². The first kappa shape index (κ1) is 14.8. The van der Waals surface area contributed by atoms with Gasteiger partial charge in [-0.15, -0.1) is 0 Å². The minimum absolute atomic E-state index is 0.245. The number of esters is 1. The molecule has 0 bridgehead atoms. The minimum Gasteiger partial charge on any atom is -0.464 e. The molecule has 0 spiro atoms. The van der Waals surface area contributed by atoms with Crippen LogP contribution in [0.1, 0.15) is 36.6 Å². The highest BCUT2D eigenvalue weighted by Gasteiger charge is 2.25. The van der Waals surface area contributed by atoms with E-state index >= 15 is 0 Å². The predicted octanol–water partition coefficient (Wildman–Crippen LogP) is 1.16. The molecule has 0 saturated carbocycles. The Morgan fingerprint density at radius 1 is 1.50 bits per heavy atom. The van der Waals surface area contributed by atoms with Crippen molar-refractivity contribution in [1.82, 2.24) is 14.5 Å². The zero-order chi connectivity index (χ0) is 14.7. The Labute approximate surface area is 119 Å². The number of aryl methyl sites for hydroxylation is 1. The van der Waals surface area contributed by atoms with Crippen LogP contribution < -0.4 is 5.73 Å². The molecule has 1 fully saturated rings. The summed E-state index contributed by atoms with van der Waals surface area (Å²) in [6.07, 6.45) is 1.92. The lowest BCUT2D eigenvalue weighted by molar-refractivity contribution is 0.0595. The molecule has 2 N–H and O–H groups in total. The van der Waals surface area contributed by atoms with Crippen molar-refractivity contribution in [3.63, 3.8) is 0 Å². The smallest absolute Gasteiger partial charge is 0.360 e. The molecular weight excluding hydrogens is 256 g/mol. The average molecular weight is 280 g/mol. The van der Waals surface area contributed by atoms with Gasteiger partial charge in [-0.1, -0.05) is 13.8 Å². The Kier molecular flexibility index (Phi) is 4.65. The van der Waals surface area contributed by atoms with Crippen LogP contribution in [0.2, 0.25) is 0 Å². The van der Waals surface area contributed by atoms with Crippen molar-refractivity contribution >= 4 is 11.8 Å². The van der Waals surface area contributed by atoms with Gasteiger partial charge in [-0.3, -0.25) is 0 Å². The number of anilines is 1. The standard InChI is InChI=1S/C14H24N4O2/c1-4-11-16-12(14(19)20-3)13(15)18(11)9-10-6-7-17(5-2)8-10/h10H,4-9,15H2,1-3H3. The number of rotatable bonds is 5. The Bertz CT molecular complexity index is 484. The van der Waals surface area contributed by atoms with Crippen molar-refractivity contribution < 1.29 is 9.53 Å². The highest BCUT2D eigenvalue weighted by Crippen LogP contribution is 2.23. The Morgan fingerprint density at radius 3 is 2.80 bits per heavy atom. The van der Waals surface area contributed by atoms with Gasteiger partial charge in [0.2, 0.25) is 0 Å². The van der Waals surface area contributed by atoms with Crippen LogP contribution in [0.4, 0.5) is 5.82 Å². The predicted molar refractivity (Wildman–Crippen MR) is 77.6 cm³/mol. The molecule has 1 aliphatic rings. The van der Waals surface area contributed by atoms with Crippen LogP contribution in [-0.2, 0) is 17.7 Å². The first-order valence-electron chi connectivity index (χ1n) is 7.26. The van der Waals surface area contributed by atoms with Gasteiger partial charge < -0.3 is 19.9 Å². The fourth-order valence-corrected chi connectivity index (χ4v) is 2.84. The molecule has 1 aromatic rings. The third kappa shape index (κ3) is 2.80. The molecule has 2 heterocycles. The Hall–Kier alpha value is -1.56. The molecule has 0 aliphatic carbocycles. The topological polar surface area (TPSA) is 73.4 Å². The van der Waals surface area contributed by atoms with E-state index in [2.05, 4.69) is 16.8 Å². The van der Waals surface area contributed by atoms with E-state index in [-0.39, 0.29) is 5.69 Å². The van der Waals surface area contributed by atoms with E-state index in [1.54, 1.807) is 0 Å². The first-order valence-corrected chi connectivity index (χ1v) is 7.26. The number of ether oxygens (including phenoxy) is 1. The third-order valence-electron chi connectivity index (χ3n) is 4.04. The van der Waals surface area contributed by atoms with E-state index in [1.807, 2.05) is 11.5 Å². The number of nitrogens with zero attached hydrogens (tertiary/aromatic N) is 3. The van der Waals surface area contributed by atoms with Crippen LogP contribution in [0.5, 0.6) is 0 Å². The minimum atomic E-state index is -0.461. The SMILES string of the molecule is CCc1nc(C(=O)OC)c(N)n1CC1CCN(CC)C1. The number of aromatic nitrogens is 2. The molecule has 0 amide bonds. The van der Waals surface area contributed by atoms with Gasteiger partial charge in [0, 0.05) is 19.5 Å². The monoisotopic (exact) mass is 280 g/mol. The van der Waals surface area contributed by atoms with E-state index in [9.17, 15) is 4.79 Å². The summed E-state index contributed by atoms with van der Waals surface area (Å²) in [6.45, 7) is 8.35. The van der Waals surface area contributed by atoms with Gasteiger partial charge in [0.15, 0.2) is 5.69 Å². The van der Waals surface area contributed by atoms with Crippen molar-refractivity contribution in [3.8, 4) is 0 Å². The number of nitrogens with two attached hydrogens (primary N) is 1. The number of hydrogen-bond donors (Lipinski definition) is 1. The molecule has 6 nitrogen and oxygen atoms in total. The number of imidazole rings is 1. The van der Waals surface area contributed by atoms with Gasteiger partial charge >= 0.3 is 5.97 Å². The first-order chi connectivity index (χ1) is 9.60. The summed E-state index contributed by atoms with van der Waals surface area (Å²) in [5, 5.41) is 0. The van der Waals surface area contributed by atoms with E-state index in [0.29, 0.717) is 11.7 Å². The van der Waals surface area contributed by atoms with Crippen LogP contribution in [0, 0.1) is 5.92 Å². The van der Waals surface area contributed by atoms with Gasteiger partial charge in [0.05, 0.1) is 7.11 Å². The third-order valence-corrected chi connectivity index (χ3v) is 4.04. The Balaban J connectivity index is 2.18. The maximum absolute atomic E-state index is 11.7. The van der Waals surface area contributed by atoms with Crippen LogP contribution in [0.3, 0.4) is 0 Å². The van der Waals surface area contributed by atoms with E-state index in [4.69, 9.17) is 10.5 Å². The number of nitrogen functional groups attached to an aromatic ring is 1. The summed E-state index contributed by atoms with van der Waals surface area (Å²) in [5.41, 5.74) is 6.33. The zero-order valence-corrected chi connectivity index (χ0v) is 12.6. The highest BCUT2D eigenvalue weighted by atomic mass is 16.5. The average Bonchev–Trinajstić information content (AvgIpc) is 3.04. The van der Waals surface area contributed by atoms with Gasteiger partial charge in [-0.05, 0) is 25.4 Å². The van der Waals surface area contributed by atoms with Crippen molar-refractivity contribution in [2.24, 2.45) is 5.92 Å². The van der Waals surface area contributed by atoms with Crippen LogP contribution >= 0.6 is 0 Å². The van der Waals surface area contributed by atoms with Gasteiger partial charge in [0.25, 0.3) is 0 Å². The molecule has 1 atom stereocenters.